The molecule has 4 atom stereocenters. The monoisotopic (exact) mass is 602 g/mol. The van der Waals surface area contributed by atoms with Crippen LogP contribution >= 0.6 is 0 Å². The van der Waals surface area contributed by atoms with Gasteiger partial charge in [-0.2, -0.15) is 0 Å². The first-order valence-electron chi connectivity index (χ1n) is 14.0. The minimum absolute atomic E-state index is 0.0481. The fourth-order valence-electron chi connectivity index (χ4n) is 4.43. The molecule has 0 aliphatic rings. The highest BCUT2D eigenvalue weighted by Gasteiger charge is 2.31. The molecule has 1 aromatic heterocycles. The molecule has 0 bridgehead atoms. The van der Waals surface area contributed by atoms with Gasteiger partial charge < -0.3 is 48.3 Å². The molecule has 1 heterocycles. The highest BCUT2D eigenvalue weighted by atomic mass is 16.4. The number of aromatic nitrogens is 1. The van der Waals surface area contributed by atoms with Crippen LogP contribution in [0.1, 0.15) is 51.5 Å². The Morgan fingerprint density at radius 3 is 2.16 bits per heavy atom. The summed E-state index contributed by atoms with van der Waals surface area (Å²) < 4.78 is 0. The first kappa shape index (κ1) is 34.5. The minimum Gasteiger partial charge on any atom is -0.481 e. The Kier molecular flexibility index (Phi) is 13.4. The maximum absolute atomic E-state index is 13.3. The molecule has 2 aromatic rings. The van der Waals surface area contributed by atoms with Gasteiger partial charge in [0.1, 0.15) is 18.1 Å². The summed E-state index contributed by atoms with van der Waals surface area (Å²) in [5.41, 5.74) is 18.0. The van der Waals surface area contributed by atoms with Gasteiger partial charge >= 0.3 is 11.9 Å². The number of carbonyl (C=O) groups is 5. The summed E-state index contributed by atoms with van der Waals surface area (Å²) in [6.45, 7) is 3.94. The van der Waals surface area contributed by atoms with E-state index in [1.165, 1.54) is 0 Å². The van der Waals surface area contributed by atoms with E-state index in [9.17, 15) is 34.2 Å². The second-order valence-corrected chi connectivity index (χ2v) is 10.7. The summed E-state index contributed by atoms with van der Waals surface area (Å²) in [6.07, 6.45) is 1.69. The average molecular weight is 603 g/mol. The number of nitrogens with two attached hydrogens (primary N) is 3. The lowest BCUT2D eigenvalue weighted by molar-refractivity contribution is -0.143. The van der Waals surface area contributed by atoms with Crippen molar-refractivity contribution in [3.8, 4) is 0 Å². The topological polar surface area (TPSA) is 268 Å². The van der Waals surface area contributed by atoms with E-state index in [4.69, 9.17) is 17.2 Å². The van der Waals surface area contributed by atoms with Gasteiger partial charge in [0, 0.05) is 36.5 Å². The average Bonchev–Trinajstić information content (AvgIpc) is 3.34. The van der Waals surface area contributed by atoms with E-state index in [0.29, 0.717) is 12.0 Å². The van der Waals surface area contributed by atoms with Crippen LogP contribution in [-0.2, 0) is 30.4 Å². The quantitative estimate of drug-likeness (QED) is 0.0602. The molecule has 0 fully saturated rings. The first-order valence-corrected chi connectivity index (χ1v) is 14.0. The number of fused-ring (bicyclic) bond motifs is 1. The van der Waals surface area contributed by atoms with E-state index < -0.39 is 60.2 Å². The van der Waals surface area contributed by atoms with Gasteiger partial charge in [-0.05, 0) is 43.2 Å². The predicted octanol–water partition coefficient (Wildman–Crippen LogP) is -0.459. The summed E-state index contributed by atoms with van der Waals surface area (Å²) in [5, 5.41) is 27.4. The number of hydrogen-bond acceptors (Lipinski definition) is 7. The summed E-state index contributed by atoms with van der Waals surface area (Å²) in [7, 11) is 0. The van der Waals surface area contributed by atoms with Gasteiger partial charge in [-0.3, -0.25) is 24.2 Å². The zero-order valence-corrected chi connectivity index (χ0v) is 24.3. The number of para-hydroxylation sites is 1. The van der Waals surface area contributed by atoms with Crippen molar-refractivity contribution in [1.82, 2.24) is 20.9 Å². The van der Waals surface area contributed by atoms with Crippen molar-refractivity contribution < 1.29 is 34.2 Å². The highest BCUT2D eigenvalue weighted by Crippen LogP contribution is 2.19. The lowest BCUT2D eigenvalue weighted by atomic mass is 10.0. The van der Waals surface area contributed by atoms with Gasteiger partial charge in [-0.1, -0.05) is 32.0 Å². The number of guanidine groups is 1. The molecule has 0 aliphatic carbocycles. The maximum atomic E-state index is 13.3. The number of nitrogens with zero attached hydrogens (tertiary/aromatic N) is 1. The Labute approximate surface area is 249 Å². The van der Waals surface area contributed by atoms with E-state index in [2.05, 4.69) is 25.9 Å². The third kappa shape index (κ3) is 11.6. The van der Waals surface area contributed by atoms with Crippen LogP contribution in [0.15, 0.2) is 35.5 Å². The Hall–Kier alpha value is -4.66. The van der Waals surface area contributed by atoms with Crippen LogP contribution in [0.5, 0.6) is 0 Å². The summed E-state index contributed by atoms with van der Waals surface area (Å²) >= 11 is 0. The molecule has 1 aromatic carbocycles. The largest absolute Gasteiger partial charge is 0.481 e. The van der Waals surface area contributed by atoms with Gasteiger partial charge in [0.15, 0.2) is 5.96 Å². The number of benzene rings is 1. The number of aliphatic carboxylic acids is 2. The zero-order valence-electron chi connectivity index (χ0n) is 24.3. The van der Waals surface area contributed by atoms with Gasteiger partial charge in [-0.15, -0.1) is 0 Å². The van der Waals surface area contributed by atoms with Crippen LogP contribution in [0.4, 0.5) is 0 Å². The first-order chi connectivity index (χ1) is 20.3. The molecule has 0 aliphatic heterocycles. The molecule has 0 spiro atoms. The number of amides is 3. The normalized spacial score (nSPS) is 13.9. The SMILES string of the molecule is CC(C)CC(NC(=O)C(N)CCCN=C(N)N)C(=O)NC(CCC(=O)O)C(=O)NC(Cc1c[nH]c2ccccc12)C(=O)O. The number of H-pyrrole nitrogens is 1. The molecule has 236 valence electrons. The van der Waals surface area contributed by atoms with Crippen molar-refractivity contribution in [2.24, 2.45) is 28.1 Å². The van der Waals surface area contributed by atoms with Crippen molar-refractivity contribution in [1.29, 1.82) is 0 Å². The molecular formula is C28H42N8O7. The van der Waals surface area contributed by atoms with Crippen LogP contribution < -0.4 is 33.2 Å². The Morgan fingerprint density at radius 1 is 0.907 bits per heavy atom. The van der Waals surface area contributed by atoms with Crippen LogP contribution in [0.25, 0.3) is 10.9 Å². The van der Waals surface area contributed by atoms with E-state index in [1.807, 2.05) is 32.0 Å². The highest BCUT2D eigenvalue weighted by molar-refractivity contribution is 5.94. The molecule has 0 saturated heterocycles. The number of aromatic amines is 1. The van der Waals surface area contributed by atoms with Crippen LogP contribution in [0.2, 0.25) is 0 Å². The Morgan fingerprint density at radius 2 is 1.53 bits per heavy atom. The summed E-state index contributed by atoms with van der Waals surface area (Å²) in [6, 6.07) is 2.49. The van der Waals surface area contributed by atoms with E-state index in [0.717, 1.165) is 10.9 Å². The molecule has 15 nitrogen and oxygen atoms in total. The van der Waals surface area contributed by atoms with Gasteiger partial charge in [0.2, 0.25) is 17.7 Å². The Balaban J connectivity index is 2.15. The third-order valence-corrected chi connectivity index (χ3v) is 6.64. The fourth-order valence-corrected chi connectivity index (χ4v) is 4.43. The van der Waals surface area contributed by atoms with Crippen molar-refractivity contribution in [3.05, 3.63) is 36.0 Å². The second-order valence-electron chi connectivity index (χ2n) is 10.7. The number of aliphatic imine (C=N–C) groups is 1. The van der Waals surface area contributed by atoms with Gasteiger partial charge in [0.05, 0.1) is 6.04 Å². The number of rotatable bonds is 18. The maximum Gasteiger partial charge on any atom is 0.326 e. The number of carbonyl (C=O) groups excluding carboxylic acids is 3. The van der Waals surface area contributed by atoms with Crippen LogP contribution in [0.3, 0.4) is 0 Å². The molecule has 0 radical (unpaired) electrons. The minimum atomic E-state index is -1.38. The summed E-state index contributed by atoms with van der Waals surface area (Å²) in [5.74, 6) is -4.84. The van der Waals surface area contributed by atoms with Gasteiger partial charge in [-0.25, -0.2) is 4.79 Å². The lowest BCUT2D eigenvalue weighted by Crippen LogP contribution is -2.57. The molecular weight excluding hydrogens is 560 g/mol. The zero-order chi connectivity index (χ0) is 32.1. The number of carboxylic acid groups (broad SMARTS) is 2. The second kappa shape index (κ2) is 16.7. The lowest BCUT2D eigenvalue weighted by Gasteiger charge is -2.26. The van der Waals surface area contributed by atoms with Crippen molar-refractivity contribution in [2.45, 2.75) is 76.5 Å². The number of hydrogen-bond donors (Lipinski definition) is 9. The molecule has 4 unspecified atom stereocenters. The molecule has 15 heteroatoms. The standard InChI is InChI=1S/C28H42N8O7/c1-15(2)12-21(35-24(39)18(29)7-5-11-32-28(30)31)26(41)34-20(9-10-23(37)38)25(40)36-22(27(42)43)13-16-14-33-19-8-4-3-6-17(16)19/h3-4,6,8,14-15,18,20-22,33H,5,7,9-13,29H2,1-2H3,(H,34,41)(H,35,39)(H,36,40)(H,37,38)(H,42,43)(H4,30,31,32). The van der Waals surface area contributed by atoms with Crippen molar-refractivity contribution in [3.63, 3.8) is 0 Å². The third-order valence-electron chi connectivity index (χ3n) is 6.64. The molecule has 43 heavy (non-hydrogen) atoms. The van der Waals surface area contributed by atoms with E-state index in [1.54, 1.807) is 12.3 Å². The van der Waals surface area contributed by atoms with Crippen molar-refractivity contribution in [2.75, 3.05) is 6.54 Å². The van der Waals surface area contributed by atoms with E-state index in [-0.39, 0.29) is 44.1 Å². The molecule has 0 saturated carbocycles. The van der Waals surface area contributed by atoms with Crippen molar-refractivity contribution >= 4 is 46.5 Å². The van der Waals surface area contributed by atoms with Crippen LogP contribution in [-0.4, -0.2) is 81.5 Å². The number of nitrogens with one attached hydrogen (secondary N) is 4. The van der Waals surface area contributed by atoms with Crippen LogP contribution in [0, 0.1) is 5.92 Å². The summed E-state index contributed by atoms with van der Waals surface area (Å²) in [4.78, 5) is 69.5. The Bertz CT molecular complexity index is 1310. The number of carboxylic acids is 2. The molecule has 3 amide bonds. The predicted molar refractivity (Wildman–Crippen MR) is 160 cm³/mol. The molecule has 2 rings (SSSR count). The fraction of sp³-hybridized carbons (Fsp3) is 0.500. The smallest absolute Gasteiger partial charge is 0.326 e. The van der Waals surface area contributed by atoms with Gasteiger partial charge in [0.25, 0.3) is 0 Å². The molecule has 12 N–H and O–H groups in total. The van der Waals surface area contributed by atoms with E-state index >= 15 is 0 Å².